The van der Waals surface area contributed by atoms with Crippen LogP contribution in [-0.4, -0.2) is 42.9 Å². The van der Waals surface area contributed by atoms with E-state index in [9.17, 15) is 0 Å². The van der Waals surface area contributed by atoms with Gasteiger partial charge in [-0.2, -0.15) is 0 Å². The molecule has 0 spiro atoms. The van der Waals surface area contributed by atoms with Gasteiger partial charge in [0.25, 0.3) is 0 Å². The monoisotopic (exact) mass is 132 g/mol. The SMILES string of the molecule is CCN(CC)C1[CH]C=C1.[LiH]. The molecule has 1 radical (unpaired) electrons. The van der Waals surface area contributed by atoms with Crippen LogP contribution in [0.3, 0.4) is 0 Å². The minimum absolute atomic E-state index is 0. The summed E-state index contributed by atoms with van der Waals surface area (Å²) >= 11 is 0. The Morgan fingerprint density at radius 2 is 1.80 bits per heavy atom. The van der Waals surface area contributed by atoms with Crippen molar-refractivity contribution in [2.24, 2.45) is 0 Å². The Balaban J connectivity index is 0.000000810. The first-order valence-corrected chi connectivity index (χ1v) is 3.64. The van der Waals surface area contributed by atoms with E-state index >= 15 is 0 Å². The predicted octanol–water partition coefficient (Wildman–Crippen LogP) is 0.822. The third-order valence-corrected chi connectivity index (χ3v) is 1.85. The zero-order chi connectivity index (χ0) is 6.69. The van der Waals surface area contributed by atoms with Gasteiger partial charge in [-0.1, -0.05) is 26.0 Å². The van der Waals surface area contributed by atoms with E-state index in [-0.39, 0.29) is 18.9 Å². The van der Waals surface area contributed by atoms with Crippen LogP contribution in [0.2, 0.25) is 0 Å². The molecule has 1 unspecified atom stereocenters. The molecular weight excluding hydrogens is 117 g/mol. The summed E-state index contributed by atoms with van der Waals surface area (Å²) in [6.45, 7) is 6.71. The summed E-state index contributed by atoms with van der Waals surface area (Å²) in [7, 11) is 0. The van der Waals surface area contributed by atoms with Crippen molar-refractivity contribution in [1.82, 2.24) is 4.90 Å². The van der Waals surface area contributed by atoms with Gasteiger partial charge < -0.3 is 0 Å². The van der Waals surface area contributed by atoms with Crippen LogP contribution in [0, 0.1) is 6.42 Å². The van der Waals surface area contributed by atoms with Crippen LogP contribution in [0.5, 0.6) is 0 Å². The molecule has 10 heavy (non-hydrogen) atoms. The van der Waals surface area contributed by atoms with E-state index in [0.717, 1.165) is 13.1 Å². The molecule has 1 atom stereocenters. The fraction of sp³-hybridized carbons (Fsp3) is 0.625. The summed E-state index contributed by atoms with van der Waals surface area (Å²) in [4.78, 5) is 2.42. The Morgan fingerprint density at radius 3 is 1.90 bits per heavy atom. The fourth-order valence-electron chi connectivity index (χ4n) is 1.10. The summed E-state index contributed by atoms with van der Waals surface area (Å²) in [5.74, 6) is 0. The third kappa shape index (κ3) is 2.16. The molecule has 1 rings (SSSR count). The van der Waals surface area contributed by atoms with Gasteiger partial charge in [0.05, 0.1) is 0 Å². The first-order chi connectivity index (χ1) is 4.38. The standard InChI is InChI=1S/C8H14N.Li.H/c1-3-9(4-2)8-6-5-7-8;;/h5-8H,3-4H2,1-2H3;;. The number of hydrogen-bond donors (Lipinski definition) is 0. The molecule has 1 aliphatic carbocycles. The molecule has 0 aliphatic heterocycles. The summed E-state index contributed by atoms with van der Waals surface area (Å²) in [5.41, 5.74) is 0. The molecule has 1 nitrogen and oxygen atoms in total. The second kappa shape index (κ2) is 5.02. The first-order valence-electron chi connectivity index (χ1n) is 3.64. The molecule has 0 fully saturated rings. The number of likely N-dealkylation sites (N-methyl/N-ethyl adjacent to an activating group) is 1. The summed E-state index contributed by atoms with van der Waals surface area (Å²) in [5, 5.41) is 0. The van der Waals surface area contributed by atoms with Gasteiger partial charge in [0, 0.05) is 12.5 Å². The molecule has 0 bridgehead atoms. The molecule has 53 valence electrons. The molecule has 0 heterocycles. The first kappa shape index (κ1) is 10.3. The number of hydrogen-bond acceptors (Lipinski definition) is 1. The number of nitrogens with zero attached hydrogens (tertiary/aromatic N) is 1. The van der Waals surface area contributed by atoms with Gasteiger partial charge in [0.15, 0.2) is 0 Å². The van der Waals surface area contributed by atoms with Crippen molar-refractivity contribution in [3.8, 4) is 0 Å². The van der Waals surface area contributed by atoms with Crippen molar-refractivity contribution in [3.05, 3.63) is 18.6 Å². The van der Waals surface area contributed by atoms with Crippen LogP contribution >= 0.6 is 0 Å². The van der Waals surface area contributed by atoms with Crippen molar-refractivity contribution in [3.63, 3.8) is 0 Å². The van der Waals surface area contributed by atoms with Gasteiger partial charge in [0.1, 0.15) is 0 Å². The minimum atomic E-state index is 0. The van der Waals surface area contributed by atoms with Crippen molar-refractivity contribution < 1.29 is 0 Å². The average Bonchev–Trinajstić information content (AvgIpc) is 1.78. The Morgan fingerprint density at radius 1 is 1.30 bits per heavy atom. The zero-order valence-electron chi connectivity index (χ0n) is 6.17. The molecular formula is C8H15LiN. The fourth-order valence-corrected chi connectivity index (χ4v) is 1.10. The van der Waals surface area contributed by atoms with Crippen molar-refractivity contribution in [1.29, 1.82) is 0 Å². The van der Waals surface area contributed by atoms with Crippen LogP contribution in [0.15, 0.2) is 12.2 Å². The zero-order valence-corrected chi connectivity index (χ0v) is 6.17. The molecule has 0 aromatic rings. The van der Waals surface area contributed by atoms with Crippen molar-refractivity contribution >= 4 is 18.9 Å². The molecule has 0 saturated heterocycles. The van der Waals surface area contributed by atoms with E-state index in [1.165, 1.54) is 0 Å². The van der Waals surface area contributed by atoms with Crippen LogP contribution in [0.1, 0.15) is 13.8 Å². The normalized spacial score (nSPS) is 22.1. The van der Waals surface area contributed by atoms with E-state index in [1.54, 1.807) is 0 Å². The maximum absolute atomic E-state index is 2.42. The summed E-state index contributed by atoms with van der Waals surface area (Å²) < 4.78 is 0. The molecule has 1 aliphatic rings. The van der Waals surface area contributed by atoms with E-state index in [0.29, 0.717) is 6.04 Å². The van der Waals surface area contributed by atoms with Gasteiger partial charge in [0.2, 0.25) is 0 Å². The third-order valence-electron chi connectivity index (χ3n) is 1.85. The summed E-state index contributed by atoms with van der Waals surface area (Å²) in [6, 6.07) is 0.639. The Kier molecular flexibility index (Phi) is 5.16. The van der Waals surface area contributed by atoms with Gasteiger partial charge in [-0.05, 0) is 13.1 Å². The second-order valence-corrected chi connectivity index (χ2v) is 2.29. The van der Waals surface area contributed by atoms with Gasteiger partial charge in [-0.15, -0.1) is 0 Å². The maximum atomic E-state index is 2.42. The van der Waals surface area contributed by atoms with Crippen LogP contribution < -0.4 is 0 Å². The predicted molar refractivity (Wildman–Crippen MR) is 47.3 cm³/mol. The van der Waals surface area contributed by atoms with Crippen LogP contribution in [0.4, 0.5) is 0 Å². The second-order valence-electron chi connectivity index (χ2n) is 2.29. The number of rotatable bonds is 3. The van der Waals surface area contributed by atoms with E-state index in [2.05, 4.69) is 37.3 Å². The topological polar surface area (TPSA) is 3.24 Å². The quantitative estimate of drug-likeness (QED) is 0.514. The van der Waals surface area contributed by atoms with Crippen LogP contribution in [0.25, 0.3) is 0 Å². The van der Waals surface area contributed by atoms with Gasteiger partial charge in [-0.3, -0.25) is 4.90 Å². The Labute approximate surface area is 75.7 Å². The average molecular weight is 132 g/mol. The Bertz CT molecular complexity index is 108. The van der Waals surface area contributed by atoms with Gasteiger partial charge in [-0.25, -0.2) is 0 Å². The van der Waals surface area contributed by atoms with E-state index < -0.39 is 0 Å². The molecule has 0 amide bonds. The Hall–Kier alpha value is 0.297. The van der Waals surface area contributed by atoms with Gasteiger partial charge >= 0.3 is 18.9 Å². The molecule has 2 heteroatoms. The van der Waals surface area contributed by atoms with Crippen molar-refractivity contribution in [2.75, 3.05) is 13.1 Å². The summed E-state index contributed by atoms with van der Waals surface area (Å²) in [6.07, 6.45) is 6.57. The molecule has 0 aromatic carbocycles. The van der Waals surface area contributed by atoms with E-state index in [1.807, 2.05) is 0 Å². The molecule has 0 N–H and O–H groups in total. The van der Waals surface area contributed by atoms with E-state index in [4.69, 9.17) is 0 Å². The van der Waals surface area contributed by atoms with Crippen LogP contribution in [-0.2, 0) is 0 Å². The molecule has 0 aromatic heterocycles. The molecule has 0 saturated carbocycles. The van der Waals surface area contributed by atoms with Crippen molar-refractivity contribution in [2.45, 2.75) is 19.9 Å².